The van der Waals surface area contributed by atoms with E-state index in [2.05, 4.69) is 15.2 Å². The molecule has 0 fully saturated rings. The van der Waals surface area contributed by atoms with Gasteiger partial charge >= 0.3 is 0 Å². The second-order valence-corrected chi connectivity index (χ2v) is 5.38. The van der Waals surface area contributed by atoms with E-state index in [1.807, 2.05) is 36.7 Å². The zero-order valence-corrected chi connectivity index (χ0v) is 13.3. The van der Waals surface area contributed by atoms with Crippen molar-refractivity contribution in [2.45, 2.75) is 32.7 Å². The highest BCUT2D eigenvalue weighted by molar-refractivity contribution is 5.93. The smallest absolute Gasteiger partial charge is 0.224 e. The monoisotopic (exact) mass is 312 g/mol. The number of rotatable bonds is 7. The van der Waals surface area contributed by atoms with Gasteiger partial charge in [0, 0.05) is 43.3 Å². The topological polar surface area (TPSA) is 62.1 Å². The Balaban J connectivity index is 1.73. The van der Waals surface area contributed by atoms with E-state index in [1.54, 1.807) is 18.2 Å². The molecule has 2 amide bonds. The summed E-state index contributed by atoms with van der Waals surface area (Å²) in [5, 5.41) is 5.55. The molecule has 2 aromatic rings. The number of benzene rings is 1. The van der Waals surface area contributed by atoms with Gasteiger partial charge in [-0.3, -0.25) is 9.59 Å². The Hall–Kier alpha value is -2.69. The molecule has 0 aliphatic rings. The number of aromatic nitrogens is 1. The molecule has 1 heterocycles. The Morgan fingerprint density at radius 2 is 1.65 bits per heavy atom. The Labute approximate surface area is 136 Å². The zero-order chi connectivity index (χ0) is 16.5. The standard InChI is InChI=1S/C18H21N3O2/c1-15(22)19-16-8-7-9-17(14-16)20-18(23)10-3-6-13-21-11-4-2-5-12-21/h2,4-5,7-9,11-12,14H,3,6,10,13H2,1H3,(H-,19,20,22,23)/p+1. The third kappa shape index (κ3) is 6.30. The minimum atomic E-state index is -0.133. The fraction of sp³-hybridized carbons (Fsp3) is 0.278. The SMILES string of the molecule is CC(=O)Nc1cccc(NC(=O)CCCC[n+]2ccccc2)c1. The largest absolute Gasteiger partial charge is 0.326 e. The van der Waals surface area contributed by atoms with Crippen LogP contribution >= 0.6 is 0 Å². The molecule has 0 radical (unpaired) electrons. The number of aryl methyl sites for hydroxylation is 1. The van der Waals surface area contributed by atoms with Gasteiger partial charge in [0.15, 0.2) is 12.4 Å². The van der Waals surface area contributed by atoms with E-state index < -0.39 is 0 Å². The van der Waals surface area contributed by atoms with E-state index in [0.29, 0.717) is 17.8 Å². The number of unbranched alkanes of at least 4 members (excludes halogenated alkanes) is 1. The van der Waals surface area contributed by atoms with Crippen LogP contribution in [0.5, 0.6) is 0 Å². The van der Waals surface area contributed by atoms with Crippen molar-refractivity contribution in [3.8, 4) is 0 Å². The maximum atomic E-state index is 12.0. The molecule has 0 aliphatic heterocycles. The highest BCUT2D eigenvalue weighted by Gasteiger charge is 2.05. The Kier molecular flexibility index (Phi) is 6.29. The second kappa shape index (κ2) is 8.68. The summed E-state index contributed by atoms with van der Waals surface area (Å²) in [5.74, 6) is -0.144. The number of pyridine rings is 1. The van der Waals surface area contributed by atoms with Gasteiger partial charge in [-0.1, -0.05) is 12.1 Å². The number of carbonyl (C=O) groups excluding carboxylic acids is 2. The molecule has 0 saturated heterocycles. The number of nitrogens with zero attached hydrogens (tertiary/aromatic N) is 1. The van der Waals surface area contributed by atoms with Gasteiger partial charge in [0.25, 0.3) is 0 Å². The van der Waals surface area contributed by atoms with Gasteiger partial charge in [0.05, 0.1) is 0 Å². The summed E-state index contributed by atoms with van der Waals surface area (Å²) in [6.45, 7) is 2.36. The number of anilines is 2. The summed E-state index contributed by atoms with van der Waals surface area (Å²) in [5.41, 5.74) is 1.37. The van der Waals surface area contributed by atoms with Crippen molar-refractivity contribution in [2.75, 3.05) is 10.6 Å². The first-order valence-electron chi connectivity index (χ1n) is 7.75. The lowest BCUT2D eigenvalue weighted by Crippen LogP contribution is -2.32. The molecular formula is C18H22N3O2+. The predicted molar refractivity (Wildman–Crippen MR) is 89.9 cm³/mol. The van der Waals surface area contributed by atoms with Crippen molar-refractivity contribution in [2.24, 2.45) is 0 Å². The number of hydrogen-bond donors (Lipinski definition) is 2. The molecule has 1 aromatic carbocycles. The Morgan fingerprint density at radius 1 is 0.957 bits per heavy atom. The maximum Gasteiger partial charge on any atom is 0.224 e. The lowest BCUT2D eigenvalue weighted by molar-refractivity contribution is -0.697. The van der Waals surface area contributed by atoms with Crippen molar-refractivity contribution in [1.82, 2.24) is 0 Å². The predicted octanol–water partition coefficient (Wildman–Crippen LogP) is 2.74. The summed E-state index contributed by atoms with van der Waals surface area (Å²) >= 11 is 0. The lowest BCUT2D eigenvalue weighted by atomic mass is 10.2. The first-order valence-corrected chi connectivity index (χ1v) is 7.75. The lowest BCUT2D eigenvalue weighted by Gasteiger charge is -2.07. The fourth-order valence-corrected chi connectivity index (χ4v) is 2.26. The Bertz CT molecular complexity index is 656. The molecule has 23 heavy (non-hydrogen) atoms. The van der Waals surface area contributed by atoms with Crippen molar-refractivity contribution in [3.05, 3.63) is 54.9 Å². The summed E-state index contributed by atoms with van der Waals surface area (Å²) in [4.78, 5) is 23.0. The van der Waals surface area contributed by atoms with E-state index in [-0.39, 0.29) is 11.8 Å². The van der Waals surface area contributed by atoms with E-state index in [9.17, 15) is 9.59 Å². The molecule has 1 aromatic heterocycles. The van der Waals surface area contributed by atoms with Gasteiger partial charge in [-0.2, -0.15) is 0 Å². The average molecular weight is 312 g/mol. The van der Waals surface area contributed by atoms with E-state index in [4.69, 9.17) is 0 Å². The maximum absolute atomic E-state index is 12.0. The molecule has 0 unspecified atom stereocenters. The number of hydrogen-bond acceptors (Lipinski definition) is 2. The molecule has 5 heteroatoms. The van der Waals surface area contributed by atoms with Crippen molar-refractivity contribution in [1.29, 1.82) is 0 Å². The van der Waals surface area contributed by atoms with Crippen LogP contribution < -0.4 is 15.2 Å². The highest BCUT2D eigenvalue weighted by Crippen LogP contribution is 2.15. The van der Waals surface area contributed by atoms with Crippen molar-refractivity contribution < 1.29 is 14.2 Å². The molecule has 120 valence electrons. The first-order chi connectivity index (χ1) is 11.1. The molecule has 0 saturated carbocycles. The van der Waals surface area contributed by atoms with Crippen molar-refractivity contribution >= 4 is 23.2 Å². The summed E-state index contributed by atoms with van der Waals surface area (Å²) in [7, 11) is 0. The van der Waals surface area contributed by atoms with Crippen LogP contribution in [0.3, 0.4) is 0 Å². The van der Waals surface area contributed by atoms with Crippen LogP contribution in [-0.4, -0.2) is 11.8 Å². The number of carbonyl (C=O) groups is 2. The van der Waals surface area contributed by atoms with Crippen LogP contribution in [0.4, 0.5) is 11.4 Å². The molecular weight excluding hydrogens is 290 g/mol. The summed E-state index contributed by atoms with van der Waals surface area (Å²) < 4.78 is 2.11. The number of nitrogens with one attached hydrogen (secondary N) is 2. The molecule has 0 aliphatic carbocycles. The van der Waals surface area contributed by atoms with Gasteiger partial charge < -0.3 is 10.6 Å². The van der Waals surface area contributed by atoms with E-state index in [0.717, 1.165) is 19.4 Å². The van der Waals surface area contributed by atoms with Crippen LogP contribution in [-0.2, 0) is 16.1 Å². The minimum absolute atomic E-state index is 0.0111. The molecule has 2 rings (SSSR count). The van der Waals surface area contributed by atoms with Crippen LogP contribution in [0.2, 0.25) is 0 Å². The summed E-state index contributed by atoms with van der Waals surface area (Å²) in [6, 6.07) is 13.1. The molecule has 0 atom stereocenters. The third-order valence-corrected chi connectivity index (χ3v) is 3.31. The van der Waals surface area contributed by atoms with Gasteiger partial charge in [-0.25, -0.2) is 4.57 Å². The van der Waals surface area contributed by atoms with Gasteiger partial charge in [0.2, 0.25) is 11.8 Å². The molecule has 2 N–H and O–H groups in total. The molecule has 0 spiro atoms. The second-order valence-electron chi connectivity index (χ2n) is 5.38. The van der Waals surface area contributed by atoms with Crippen LogP contribution in [0.1, 0.15) is 26.2 Å². The van der Waals surface area contributed by atoms with Gasteiger partial charge in [-0.15, -0.1) is 0 Å². The Morgan fingerprint density at radius 3 is 2.35 bits per heavy atom. The van der Waals surface area contributed by atoms with E-state index >= 15 is 0 Å². The zero-order valence-electron chi connectivity index (χ0n) is 13.3. The van der Waals surface area contributed by atoms with Crippen LogP contribution in [0.25, 0.3) is 0 Å². The quantitative estimate of drug-likeness (QED) is 0.610. The fourth-order valence-electron chi connectivity index (χ4n) is 2.26. The highest BCUT2D eigenvalue weighted by atomic mass is 16.2. The minimum Gasteiger partial charge on any atom is -0.326 e. The number of amides is 2. The van der Waals surface area contributed by atoms with Gasteiger partial charge in [-0.05, 0) is 24.6 Å². The normalized spacial score (nSPS) is 10.1. The van der Waals surface area contributed by atoms with Crippen LogP contribution in [0, 0.1) is 0 Å². The third-order valence-electron chi connectivity index (χ3n) is 3.31. The average Bonchev–Trinajstić information content (AvgIpc) is 2.52. The van der Waals surface area contributed by atoms with E-state index in [1.165, 1.54) is 6.92 Å². The van der Waals surface area contributed by atoms with Crippen LogP contribution in [0.15, 0.2) is 54.9 Å². The first kappa shape index (κ1) is 16.7. The van der Waals surface area contributed by atoms with Crippen molar-refractivity contribution in [3.63, 3.8) is 0 Å². The van der Waals surface area contributed by atoms with Gasteiger partial charge in [0.1, 0.15) is 6.54 Å². The summed E-state index contributed by atoms with van der Waals surface area (Å²) in [6.07, 6.45) is 6.31. The molecule has 0 bridgehead atoms. The molecule has 5 nitrogen and oxygen atoms in total.